The van der Waals surface area contributed by atoms with Crippen molar-refractivity contribution in [3.8, 4) is 11.5 Å². The van der Waals surface area contributed by atoms with E-state index < -0.39 is 17.9 Å². The third kappa shape index (κ3) is 4.49. The molecular formula is C18H19NO5. The van der Waals surface area contributed by atoms with Crippen molar-refractivity contribution in [1.82, 2.24) is 5.32 Å². The van der Waals surface area contributed by atoms with Crippen molar-refractivity contribution >= 4 is 11.9 Å². The number of carbonyl (C=O) groups excluding carboxylic acids is 2. The number of rotatable bonds is 6. The van der Waals surface area contributed by atoms with Crippen LogP contribution in [0.5, 0.6) is 11.5 Å². The highest BCUT2D eigenvalue weighted by molar-refractivity contribution is 5.97. The summed E-state index contributed by atoms with van der Waals surface area (Å²) in [6.45, 7) is 0. The monoisotopic (exact) mass is 329 g/mol. The molecule has 2 N–H and O–H groups in total. The Labute approximate surface area is 140 Å². The summed E-state index contributed by atoms with van der Waals surface area (Å²) >= 11 is 0. The van der Waals surface area contributed by atoms with Crippen molar-refractivity contribution < 1.29 is 24.2 Å². The molecule has 0 saturated carbocycles. The summed E-state index contributed by atoms with van der Waals surface area (Å²) in [6.07, 6.45) is 0.258. The second-order valence-corrected chi connectivity index (χ2v) is 5.16. The van der Waals surface area contributed by atoms with Crippen LogP contribution in [0.25, 0.3) is 0 Å². The van der Waals surface area contributed by atoms with Gasteiger partial charge < -0.3 is 19.9 Å². The number of hydrogen-bond donors (Lipinski definition) is 2. The van der Waals surface area contributed by atoms with Crippen LogP contribution in [0, 0.1) is 0 Å². The van der Waals surface area contributed by atoms with Gasteiger partial charge in [0.25, 0.3) is 5.91 Å². The SMILES string of the molecule is COC(=O)[C@H](Cc1cccc(OC)c1)NC(=O)c1cccc(O)c1. The standard InChI is InChI=1S/C18H19NO5/c1-23-15-8-3-5-12(9-15)10-16(18(22)24-2)19-17(21)13-6-4-7-14(20)11-13/h3-9,11,16,20H,10H2,1-2H3,(H,19,21)/t16-/m0/s1. The Hall–Kier alpha value is -3.02. The molecular weight excluding hydrogens is 310 g/mol. The molecule has 0 aromatic heterocycles. The molecule has 0 spiro atoms. The van der Waals surface area contributed by atoms with Gasteiger partial charge in [-0.15, -0.1) is 0 Å². The Morgan fingerprint density at radius 2 is 1.88 bits per heavy atom. The molecule has 126 valence electrons. The summed E-state index contributed by atoms with van der Waals surface area (Å²) in [5.74, 6) is -0.379. The molecule has 1 amide bonds. The van der Waals surface area contributed by atoms with E-state index in [0.29, 0.717) is 5.75 Å². The largest absolute Gasteiger partial charge is 0.508 e. The topological polar surface area (TPSA) is 84.9 Å². The molecule has 0 bridgehead atoms. The predicted molar refractivity (Wildman–Crippen MR) is 88.1 cm³/mol. The van der Waals surface area contributed by atoms with Gasteiger partial charge in [0.15, 0.2) is 0 Å². The van der Waals surface area contributed by atoms with Gasteiger partial charge in [-0.2, -0.15) is 0 Å². The highest BCUT2D eigenvalue weighted by atomic mass is 16.5. The van der Waals surface area contributed by atoms with Crippen molar-refractivity contribution in [3.63, 3.8) is 0 Å². The summed E-state index contributed by atoms with van der Waals surface area (Å²) in [6, 6.07) is 12.3. The fourth-order valence-corrected chi connectivity index (χ4v) is 2.26. The molecule has 2 aromatic rings. The molecule has 6 heteroatoms. The van der Waals surface area contributed by atoms with Gasteiger partial charge in [0.2, 0.25) is 0 Å². The summed E-state index contributed by atoms with van der Waals surface area (Å²) in [5, 5.41) is 12.1. The minimum atomic E-state index is -0.850. The van der Waals surface area contributed by atoms with Crippen LogP contribution in [0.3, 0.4) is 0 Å². The number of carbonyl (C=O) groups is 2. The summed E-state index contributed by atoms with van der Waals surface area (Å²) in [7, 11) is 2.82. The number of phenolic OH excluding ortho intramolecular Hbond substituents is 1. The van der Waals surface area contributed by atoms with Crippen LogP contribution in [0.4, 0.5) is 0 Å². The molecule has 2 aromatic carbocycles. The second-order valence-electron chi connectivity index (χ2n) is 5.16. The first-order valence-corrected chi connectivity index (χ1v) is 7.34. The summed E-state index contributed by atoms with van der Waals surface area (Å²) in [4.78, 5) is 24.3. The van der Waals surface area contributed by atoms with Crippen LogP contribution in [0.2, 0.25) is 0 Å². The van der Waals surface area contributed by atoms with E-state index in [1.54, 1.807) is 37.4 Å². The number of ether oxygens (including phenoxy) is 2. The van der Waals surface area contributed by atoms with E-state index in [1.807, 2.05) is 6.07 Å². The number of benzene rings is 2. The van der Waals surface area contributed by atoms with E-state index in [2.05, 4.69) is 5.32 Å². The Kier molecular flexibility index (Phi) is 5.78. The molecule has 0 aliphatic heterocycles. The predicted octanol–water partition coefficient (Wildman–Crippen LogP) is 1.91. The fourth-order valence-electron chi connectivity index (χ4n) is 2.26. The highest BCUT2D eigenvalue weighted by Crippen LogP contribution is 2.15. The van der Waals surface area contributed by atoms with Crippen LogP contribution < -0.4 is 10.1 Å². The molecule has 24 heavy (non-hydrogen) atoms. The van der Waals surface area contributed by atoms with Crippen molar-refractivity contribution in [3.05, 3.63) is 59.7 Å². The smallest absolute Gasteiger partial charge is 0.328 e. The van der Waals surface area contributed by atoms with Crippen molar-refractivity contribution in [2.24, 2.45) is 0 Å². The zero-order chi connectivity index (χ0) is 17.5. The number of hydrogen-bond acceptors (Lipinski definition) is 5. The average molecular weight is 329 g/mol. The number of aromatic hydroxyl groups is 1. The molecule has 6 nitrogen and oxygen atoms in total. The van der Waals surface area contributed by atoms with Crippen LogP contribution in [-0.4, -0.2) is 37.2 Å². The first-order chi connectivity index (χ1) is 11.5. The van der Waals surface area contributed by atoms with Crippen LogP contribution in [0.1, 0.15) is 15.9 Å². The third-order valence-electron chi connectivity index (χ3n) is 3.47. The maximum Gasteiger partial charge on any atom is 0.328 e. The lowest BCUT2D eigenvalue weighted by Crippen LogP contribution is -2.43. The summed E-state index contributed by atoms with van der Waals surface area (Å²) < 4.78 is 9.92. The first-order valence-electron chi connectivity index (χ1n) is 7.34. The maximum absolute atomic E-state index is 12.3. The maximum atomic E-state index is 12.3. The Morgan fingerprint density at radius 3 is 2.54 bits per heavy atom. The summed E-state index contributed by atoms with van der Waals surface area (Å²) in [5.41, 5.74) is 1.08. The molecule has 0 unspecified atom stereocenters. The van der Waals surface area contributed by atoms with E-state index in [0.717, 1.165) is 5.56 Å². The lowest BCUT2D eigenvalue weighted by Gasteiger charge is -2.17. The van der Waals surface area contributed by atoms with E-state index in [4.69, 9.17) is 9.47 Å². The number of nitrogens with one attached hydrogen (secondary N) is 1. The van der Waals surface area contributed by atoms with Gasteiger partial charge in [-0.3, -0.25) is 4.79 Å². The molecule has 0 fully saturated rings. The zero-order valence-corrected chi connectivity index (χ0v) is 13.5. The minimum absolute atomic E-state index is 0.0231. The van der Waals surface area contributed by atoms with Gasteiger partial charge in [-0.1, -0.05) is 18.2 Å². The molecule has 0 radical (unpaired) electrons. The number of amides is 1. The van der Waals surface area contributed by atoms with Gasteiger partial charge in [-0.25, -0.2) is 4.79 Å². The molecule has 2 rings (SSSR count). The van der Waals surface area contributed by atoms with Gasteiger partial charge in [0.1, 0.15) is 17.5 Å². The Morgan fingerprint density at radius 1 is 1.12 bits per heavy atom. The number of methoxy groups -OCH3 is 2. The van der Waals surface area contributed by atoms with E-state index in [-0.39, 0.29) is 17.7 Å². The first kappa shape index (κ1) is 17.3. The van der Waals surface area contributed by atoms with Crippen molar-refractivity contribution in [1.29, 1.82) is 0 Å². The van der Waals surface area contributed by atoms with Gasteiger partial charge in [0.05, 0.1) is 14.2 Å². The lowest BCUT2D eigenvalue weighted by atomic mass is 10.0. The Bertz CT molecular complexity index is 729. The minimum Gasteiger partial charge on any atom is -0.508 e. The fraction of sp³-hybridized carbons (Fsp3) is 0.222. The van der Waals surface area contributed by atoms with Crippen molar-refractivity contribution in [2.45, 2.75) is 12.5 Å². The van der Waals surface area contributed by atoms with Gasteiger partial charge in [-0.05, 0) is 35.9 Å². The lowest BCUT2D eigenvalue weighted by molar-refractivity contribution is -0.142. The molecule has 0 aliphatic rings. The Balaban J connectivity index is 2.16. The average Bonchev–Trinajstić information content (AvgIpc) is 2.60. The molecule has 0 aliphatic carbocycles. The van der Waals surface area contributed by atoms with Crippen LogP contribution >= 0.6 is 0 Å². The van der Waals surface area contributed by atoms with Crippen LogP contribution in [-0.2, 0) is 16.0 Å². The van der Waals surface area contributed by atoms with Gasteiger partial charge in [0, 0.05) is 12.0 Å². The second kappa shape index (κ2) is 8.01. The third-order valence-corrected chi connectivity index (χ3v) is 3.47. The van der Waals surface area contributed by atoms with Crippen LogP contribution in [0.15, 0.2) is 48.5 Å². The van der Waals surface area contributed by atoms with Crippen molar-refractivity contribution in [2.75, 3.05) is 14.2 Å². The quantitative estimate of drug-likeness (QED) is 0.791. The van der Waals surface area contributed by atoms with Gasteiger partial charge >= 0.3 is 5.97 Å². The molecule has 1 atom stereocenters. The van der Waals surface area contributed by atoms with E-state index in [9.17, 15) is 14.7 Å². The highest BCUT2D eigenvalue weighted by Gasteiger charge is 2.23. The molecule has 0 heterocycles. The molecule has 0 saturated heterocycles. The van der Waals surface area contributed by atoms with E-state index in [1.165, 1.54) is 19.2 Å². The normalized spacial score (nSPS) is 11.4. The van der Waals surface area contributed by atoms with E-state index >= 15 is 0 Å². The number of esters is 1. The zero-order valence-electron chi connectivity index (χ0n) is 13.5. The number of phenols is 1.